The second-order valence-electron chi connectivity index (χ2n) is 4.60. The molecular weight excluding hydrogens is 188 g/mol. The number of carbonyl (C=O) groups excluding carboxylic acids is 1. The molecule has 15 heavy (non-hydrogen) atoms. The predicted molar refractivity (Wildman–Crippen MR) is 59.0 cm³/mol. The molecule has 3 heteroatoms. The molecule has 1 amide bonds. The fourth-order valence-electron chi connectivity index (χ4n) is 2.05. The molecule has 0 aliphatic heterocycles. The Morgan fingerprint density at radius 2 is 2.20 bits per heavy atom. The molecule has 0 radical (unpaired) electrons. The predicted octanol–water partition coefficient (Wildman–Crippen LogP) is 2.33. The summed E-state index contributed by atoms with van der Waals surface area (Å²) in [6.07, 6.45) is 4.56. The first-order valence-electron chi connectivity index (χ1n) is 5.76. The van der Waals surface area contributed by atoms with Crippen molar-refractivity contribution in [1.29, 1.82) is 5.26 Å². The van der Waals surface area contributed by atoms with E-state index in [1.807, 2.05) is 14.0 Å². The average molecular weight is 208 g/mol. The minimum Gasteiger partial charge on any atom is -0.342 e. The summed E-state index contributed by atoms with van der Waals surface area (Å²) in [6.45, 7) is 4.16. The number of rotatable bonds is 4. The highest BCUT2D eigenvalue weighted by atomic mass is 16.2. The number of nitriles is 1. The molecule has 1 aliphatic rings. The lowest BCUT2D eigenvalue weighted by atomic mass is 9.69. The molecule has 1 unspecified atom stereocenters. The molecule has 1 atom stereocenters. The Hall–Kier alpha value is -1.04. The van der Waals surface area contributed by atoms with Gasteiger partial charge in [-0.2, -0.15) is 5.26 Å². The maximum atomic E-state index is 12.1. The van der Waals surface area contributed by atoms with Gasteiger partial charge >= 0.3 is 0 Å². The zero-order valence-electron chi connectivity index (χ0n) is 9.92. The SMILES string of the molecule is CCCC(C)N(C)C(=O)C1(C#N)CCC1. The van der Waals surface area contributed by atoms with Gasteiger partial charge in [-0.3, -0.25) is 4.79 Å². The largest absolute Gasteiger partial charge is 0.342 e. The van der Waals surface area contributed by atoms with Crippen molar-refractivity contribution in [2.24, 2.45) is 5.41 Å². The molecule has 0 bridgehead atoms. The Balaban J connectivity index is 2.64. The molecule has 0 N–H and O–H groups in total. The fraction of sp³-hybridized carbons (Fsp3) is 0.833. The van der Waals surface area contributed by atoms with E-state index >= 15 is 0 Å². The van der Waals surface area contributed by atoms with E-state index in [1.165, 1.54) is 0 Å². The van der Waals surface area contributed by atoms with E-state index in [0.29, 0.717) is 0 Å². The lowest BCUT2D eigenvalue weighted by Crippen LogP contribution is -2.48. The first kappa shape index (κ1) is 12.0. The minimum absolute atomic E-state index is 0.0252. The van der Waals surface area contributed by atoms with E-state index in [-0.39, 0.29) is 11.9 Å². The highest BCUT2D eigenvalue weighted by molar-refractivity contribution is 5.86. The van der Waals surface area contributed by atoms with Crippen molar-refractivity contribution in [3.05, 3.63) is 0 Å². The molecule has 1 rings (SSSR count). The summed E-state index contributed by atoms with van der Waals surface area (Å²) >= 11 is 0. The Kier molecular flexibility index (Phi) is 3.73. The van der Waals surface area contributed by atoms with Crippen molar-refractivity contribution >= 4 is 5.91 Å². The van der Waals surface area contributed by atoms with E-state index < -0.39 is 5.41 Å². The van der Waals surface area contributed by atoms with Crippen LogP contribution in [0.4, 0.5) is 0 Å². The fourth-order valence-corrected chi connectivity index (χ4v) is 2.05. The van der Waals surface area contributed by atoms with Crippen LogP contribution in [0.15, 0.2) is 0 Å². The highest BCUT2D eigenvalue weighted by Gasteiger charge is 2.46. The van der Waals surface area contributed by atoms with Crippen LogP contribution < -0.4 is 0 Å². The lowest BCUT2D eigenvalue weighted by Gasteiger charge is -2.38. The van der Waals surface area contributed by atoms with Gasteiger partial charge in [0.05, 0.1) is 6.07 Å². The van der Waals surface area contributed by atoms with Gasteiger partial charge in [-0.25, -0.2) is 0 Å². The maximum Gasteiger partial charge on any atom is 0.243 e. The van der Waals surface area contributed by atoms with Gasteiger partial charge in [-0.1, -0.05) is 13.3 Å². The van der Waals surface area contributed by atoms with Gasteiger partial charge in [0, 0.05) is 13.1 Å². The third-order valence-corrected chi connectivity index (χ3v) is 3.52. The van der Waals surface area contributed by atoms with Crippen LogP contribution in [0.25, 0.3) is 0 Å². The molecule has 1 saturated carbocycles. The number of hydrogen-bond acceptors (Lipinski definition) is 2. The number of hydrogen-bond donors (Lipinski definition) is 0. The zero-order chi connectivity index (χ0) is 11.5. The van der Waals surface area contributed by atoms with Crippen molar-refractivity contribution in [3.63, 3.8) is 0 Å². The van der Waals surface area contributed by atoms with E-state index in [0.717, 1.165) is 32.1 Å². The van der Waals surface area contributed by atoms with Crippen molar-refractivity contribution < 1.29 is 4.79 Å². The van der Waals surface area contributed by atoms with E-state index in [2.05, 4.69) is 13.0 Å². The topological polar surface area (TPSA) is 44.1 Å². The molecule has 0 spiro atoms. The maximum absolute atomic E-state index is 12.1. The van der Waals surface area contributed by atoms with Crippen LogP contribution >= 0.6 is 0 Å². The van der Waals surface area contributed by atoms with Crippen molar-refractivity contribution in [1.82, 2.24) is 4.90 Å². The second kappa shape index (κ2) is 4.65. The number of amides is 1. The molecule has 84 valence electrons. The molecule has 0 heterocycles. The third-order valence-electron chi connectivity index (χ3n) is 3.52. The second-order valence-corrected chi connectivity index (χ2v) is 4.60. The number of nitrogens with zero attached hydrogens (tertiary/aromatic N) is 2. The van der Waals surface area contributed by atoms with Gasteiger partial charge in [0.2, 0.25) is 5.91 Å². The van der Waals surface area contributed by atoms with Gasteiger partial charge in [0.15, 0.2) is 0 Å². The monoisotopic (exact) mass is 208 g/mol. The quantitative estimate of drug-likeness (QED) is 0.711. The lowest BCUT2D eigenvalue weighted by molar-refractivity contribution is -0.143. The van der Waals surface area contributed by atoms with E-state index in [1.54, 1.807) is 4.90 Å². The van der Waals surface area contributed by atoms with Crippen LogP contribution in [0.2, 0.25) is 0 Å². The van der Waals surface area contributed by atoms with Gasteiger partial charge in [0.1, 0.15) is 5.41 Å². The first-order valence-corrected chi connectivity index (χ1v) is 5.76. The molecule has 0 aromatic carbocycles. The summed E-state index contributed by atoms with van der Waals surface area (Å²) in [7, 11) is 1.82. The Labute approximate surface area is 92.1 Å². The smallest absolute Gasteiger partial charge is 0.243 e. The molecule has 0 saturated heterocycles. The standard InChI is InChI=1S/C12H20N2O/c1-4-6-10(2)14(3)11(15)12(9-13)7-5-8-12/h10H,4-8H2,1-3H3. The van der Waals surface area contributed by atoms with Gasteiger partial charge in [0.25, 0.3) is 0 Å². The van der Waals surface area contributed by atoms with Crippen LogP contribution in [-0.2, 0) is 4.79 Å². The molecule has 1 aliphatic carbocycles. The van der Waals surface area contributed by atoms with Gasteiger partial charge in [-0.05, 0) is 32.6 Å². The molecule has 1 fully saturated rings. The highest BCUT2D eigenvalue weighted by Crippen LogP contribution is 2.42. The van der Waals surface area contributed by atoms with Crippen molar-refractivity contribution in [2.45, 2.75) is 52.0 Å². The Morgan fingerprint density at radius 1 is 1.60 bits per heavy atom. The normalized spacial score (nSPS) is 19.9. The first-order chi connectivity index (χ1) is 7.07. The minimum atomic E-state index is -0.684. The van der Waals surface area contributed by atoms with Crippen LogP contribution in [0, 0.1) is 16.7 Å². The van der Waals surface area contributed by atoms with Crippen molar-refractivity contribution in [2.75, 3.05) is 7.05 Å². The van der Waals surface area contributed by atoms with Gasteiger partial charge in [-0.15, -0.1) is 0 Å². The Morgan fingerprint density at radius 3 is 2.53 bits per heavy atom. The average Bonchev–Trinajstić information content (AvgIpc) is 2.16. The number of carbonyl (C=O) groups is 1. The summed E-state index contributed by atoms with van der Waals surface area (Å²) in [5.41, 5.74) is -0.684. The van der Waals surface area contributed by atoms with Crippen LogP contribution in [0.1, 0.15) is 46.0 Å². The third kappa shape index (κ3) is 2.14. The van der Waals surface area contributed by atoms with Crippen LogP contribution in [0.5, 0.6) is 0 Å². The summed E-state index contributed by atoms with van der Waals surface area (Å²) in [5.74, 6) is 0.0252. The van der Waals surface area contributed by atoms with Gasteiger partial charge < -0.3 is 4.90 Å². The summed E-state index contributed by atoms with van der Waals surface area (Å²) in [6, 6.07) is 2.45. The summed E-state index contributed by atoms with van der Waals surface area (Å²) < 4.78 is 0. The van der Waals surface area contributed by atoms with E-state index in [9.17, 15) is 4.79 Å². The molecular formula is C12H20N2O. The molecule has 3 nitrogen and oxygen atoms in total. The summed E-state index contributed by atoms with van der Waals surface area (Å²) in [5, 5.41) is 9.07. The Bertz CT molecular complexity index is 276. The summed E-state index contributed by atoms with van der Waals surface area (Å²) in [4.78, 5) is 13.9. The molecule has 0 aromatic rings. The van der Waals surface area contributed by atoms with Crippen LogP contribution in [0.3, 0.4) is 0 Å². The zero-order valence-corrected chi connectivity index (χ0v) is 9.92. The van der Waals surface area contributed by atoms with E-state index in [4.69, 9.17) is 5.26 Å². The molecule has 0 aromatic heterocycles. The van der Waals surface area contributed by atoms with Crippen LogP contribution in [-0.4, -0.2) is 23.9 Å². The van der Waals surface area contributed by atoms with Crippen molar-refractivity contribution in [3.8, 4) is 6.07 Å².